The molecule has 1 amide bonds. The van der Waals surface area contributed by atoms with Crippen LogP contribution in [0, 0.1) is 10.1 Å². The number of carbonyl (C=O) groups excluding carboxylic acids is 1. The Labute approximate surface area is 146 Å². The molecule has 1 heterocycles. The number of carbonyl (C=O) groups is 1. The first-order valence-electron chi connectivity index (χ1n) is 8.58. The van der Waals surface area contributed by atoms with Gasteiger partial charge in [0, 0.05) is 49.5 Å². The molecule has 1 aromatic rings. The second-order valence-corrected chi connectivity index (χ2v) is 6.02. The normalized spacial score (nSPS) is 15.2. The number of rotatable bonds is 7. The zero-order chi connectivity index (χ0) is 18.1. The second kappa shape index (κ2) is 9.73. The van der Waals surface area contributed by atoms with E-state index in [1.807, 2.05) is 0 Å². The van der Waals surface area contributed by atoms with Gasteiger partial charge in [0.2, 0.25) is 5.91 Å². The molecule has 0 saturated carbocycles. The number of benzene rings is 1. The summed E-state index contributed by atoms with van der Waals surface area (Å²) in [5.74, 6) is -0.299. The molecule has 2 rings (SSSR count). The molecule has 1 fully saturated rings. The van der Waals surface area contributed by atoms with Crippen molar-refractivity contribution in [3.63, 3.8) is 0 Å². The summed E-state index contributed by atoms with van der Waals surface area (Å²) < 4.78 is 0. The number of nitro benzene ring substituents is 1. The van der Waals surface area contributed by atoms with Crippen LogP contribution in [-0.4, -0.2) is 41.8 Å². The Balaban J connectivity index is 2.18. The quantitative estimate of drug-likeness (QED) is 0.446. The van der Waals surface area contributed by atoms with Gasteiger partial charge in [-0.1, -0.05) is 12.8 Å². The third-order valence-corrected chi connectivity index (χ3v) is 4.12. The third-order valence-electron chi connectivity index (χ3n) is 4.12. The molecule has 25 heavy (non-hydrogen) atoms. The van der Waals surface area contributed by atoms with Crippen LogP contribution in [0.1, 0.15) is 44.1 Å². The van der Waals surface area contributed by atoms with Crippen molar-refractivity contribution in [2.75, 3.05) is 24.6 Å². The van der Waals surface area contributed by atoms with Crippen LogP contribution < -0.4 is 10.3 Å². The molecule has 0 unspecified atom stereocenters. The van der Waals surface area contributed by atoms with Crippen molar-refractivity contribution in [2.24, 2.45) is 5.10 Å². The third kappa shape index (κ3) is 5.82. The molecule has 1 aromatic carbocycles. The van der Waals surface area contributed by atoms with Crippen LogP contribution in [0.2, 0.25) is 0 Å². The number of nitrogens with zero attached hydrogens (tertiary/aromatic N) is 3. The summed E-state index contributed by atoms with van der Waals surface area (Å²) in [5.41, 5.74) is 3.88. The van der Waals surface area contributed by atoms with Gasteiger partial charge in [-0.25, -0.2) is 5.43 Å². The van der Waals surface area contributed by atoms with Gasteiger partial charge in [-0.3, -0.25) is 14.9 Å². The second-order valence-electron chi connectivity index (χ2n) is 6.02. The van der Waals surface area contributed by atoms with Crippen molar-refractivity contribution in [1.82, 2.24) is 5.43 Å². The summed E-state index contributed by atoms with van der Waals surface area (Å²) in [6.45, 7) is 1.75. The minimum Gasteiger partial charge on any atom is -0.396 e. The van der Waals surface area contributed by atoms with Gasteiger partial charge in [0.1, 0.15) is 0 Å². The molecule has 8 nitrogen and oxygen atoms in total. The van der Waals surface area contributed by atoms with Crippen molar-refractivity contribution < 1.29 is 14.8 Å². The predicted octanol–water partition coefficient (Wildman–Crippen LogP) is 2.20. The first kappa shape index (κ1) is 18.9. The van der Waals surface area contributed by atoms with Crippen LogP contribution in [0.4, 0.5) is 11.4 Å². The molecule has 1 saturated heterocycles. The summed E-state index contributed by atoms with van der Waals surface area (Å²) in [4.78, 5) is 24.4. The van der Waals surface area contributed by atoms with Crippen LogP contribution >= 0.6 is 0 Å². The minimum absolute atomic E-state index is 0.00775. The monoisotopic (exact) mass is 348 g/mol. The number of non-ortho nitro benzene ring substituents is 1. The first-order valence-corrected chi connectivity index (χ1v) is 8.58. The fraction of sp³-hybridized carbons (Fsp3) is 0.529. The number of amides is 1. The molecule has 0 bridgehead atoms. The van der Waals surface area contributed by atoms with Crippen LogP contribution in [-0.2, 0) is 4.79 Å². The zero-order valence-corrected chi connectivity index (χ0v) is 14.2. The Morgan fingerprint density at radius 3 is 2.68 bits per heavy atom. The van der Waals surface area contributed by atoms with Crippen molar-refractivity contribution in [3.05, 3.63) is 33.9 Å². The molecule has 0 atom stereocenters. The number of hydrogen-bond donors (Lipinski definition) is 2. The Morgan fingerprint density at radius 2 is 2.04 bits per heavy atom. The van der Waals surface area contributed by atoms with Crippen LogP contribution in [0.3, 0.4) is 0 Å². The topological polar surface area (TPSA) is 108 Å². The minimum atomic E-state index is -0.441. The Morgan fingerprint density at radius 1 is 1.32 bits per heavy atom. The Kier molecular flexibility index (Phi) is 7.34. The molecule has 1 aliphatic heterocycles. The van der Waals surface area contributed by atoms with Crippen molar-refractivity contribution in [3.8, 4) is 0 Å². The van der Waals surface area contributed by atoms with E-state index in [1.165, 1.54) is 31.2 Å². The summed E-state index contributed by atoms with van der Waals surface area (Å²) in [6.07, 6.45) is 6.56. The summed E-state index contributed by atoms with van der Waals surface area (Å²) in [5, 5.41) is 23.7. The van der Waals surface area contributed by atoms with Crippen molar-refractivity contribution in [2.45, 2.75) is 38.5 Å². The predicted molar refractivity (Wildman–Crippen MR) is 95.8 cm³/mol. The number of nitro groups is 1. The fourth-order valence-corrected chi connectivity index (χ4v) is 2.83. The number of hydrazone groups is 1. The van der Waals surface area contributed by atoms with Crippen molar-refractivity contribution >= 4 is 23.5 Å². The van der Waals surface area contributed by atoms with Gasteiger partial charge >= 0.3 is 0 Å². The lowest BCUT2D eigenvalue weighted by molar-refractivity contribution is -0.384. The molecular weight excluding hydrogens is 324 g/mol. The molecule has 0 radical (unpaired) electrons. The van der Waals surface area contributed by atoms with Gasteiger partial charge in [0.05, 0.1) is 11.1 Å². The first-order chi connectivity index (χ1) is 12.1. The lowest BCUT2D eigenvalue weighted by atomic mass is 10.1. The van der Waals surface area contributed by atoms with E-state index in [1.54, 1.807) is 6.07 Å². The Hall–Kier alpha value is -2.48. The zero-order valence-electron chi connectivity index (χ0n) is 14.2. The lowest BCUT2D eigenvalue weighted by Gasteiger charge is -2.24. The SMILES string of the molecule is O=C(CCCO)N/N=C/c1cc([N+](=O)[O-])ccc1N1CCCCCC1. The van der Waals surface area contributed by atoms with E-state index in [4.69, 9.17) is 5.11 Å². The highest BCUT2D eigenvalue weighted by molar-refractivity contribution is 5.90. The van der Waals surface area contributed by atoms with Crippen LogP contribution in [0.25, 0.3) is 0 Å². The van der Waals surface area contributed by atoms with Gasteiger partial charge in [0.15, 0.2) is 0 Å². The van der Waals surface area contributed by atoms with Gasteiger partial charge in [-0.05, 0) is 25.3 Å². The smallest absolute Gasteiger partial charge is 0.270 e. The Bertz CT molecular complexity index is 625. The molecule has 1 aliphatic rings. The van der Waals surface area contributed by atoms with E-state index >= 15 is 0 Å². The highest BCUT2D eigenvalue weighted by Gasteiger charge is 2.16. The number of hydrogen-bond acceptors (Lipinski definition) is 6. The average Bonchev–Trinajstić information content (AvgIpc) is 2.89. The summed E-state index contributed by atoms with van der Waals surface area (Å²) in [6, 6.07) is 4.72. The molecule has 0 spiro atoms. The maximum Gasteiger partial charge on any atom is 0.270 e. The molecule has 0 aromatic heterocycles. The van der Waals surface area contributed by atoms with Gasteiger partial charge in [0.25, 0.3) is 5.69 Å². The van der Waals surface area contributed by atoms with Gasteiger partial charge in [-0.2, -0.15) is 5.10 Å². The highest BCUT2D eigenvalue weighted by atomic mass is 16.6. The van der Waals surface area contributed by atoms with Crippen molar-refractivity contribution in [1.29, 1.82) is 0 Å². The lowest BCUT2D eigenvalue weighted by Crippen LogP contribution is -2.25. The van der Waals surface area contributed by atoms with E-state index in [9.17, 15) is 14.9 Å². The van der Waals surface area contributed by atoms with E-state index < -0.39 is 4.92 Å². The number of nitrogens with one attached hydrogen (secondary N) is 1. The van der Waals surface area contributed by atoms with E-state index in [0.29, 0.717) is 12.0 Å². The molecule has 0 aliphatic carbocycles. The van der Waals surface area contributed by atoms with Gasteiger partial charge in [-0.15, -0.1) is 0 Å². The maximum absolute atomic E-state index is 11.5. The van der Waals surface area contributed by atoms with E-state index in [2.05, 4.69) is 15.4 Å². The average molecular weight is 348 g/mol. The fourth-order valence-electron chi connectivity index (χ4n) is 2.83. The maximum atomic E-state index is 11.5. The molecular formula is C17H24N4O4. The largest absolute Gasteiger partial charge is 0.396 e. The van der Waals surface area contributed by atoms with E-state index in [0.717, 1.165) is 31.6 Å². The number of anilines is 1. The van der Waals surface area contributed by atoms with Gasteiger partial charge < -0.3 is 10.0 Å². The number of aliphatic hydroxyl groups excluding tert-OH is 1. The van der Waals surface area contributed by atoms with E-state index in [-0.39, 0.29) is 24.6 Å². The number of aliphatic hydroxyl groups is 1. The molecule has 8 heteroatoms. The summed E-state index contributed by atoms with van der Waals surface area (Å²) in [7, 11) is 0. The molecule has 136 valence electrons. The summed E-state index contributed by atoms with van der Waals surface area (Å²) >= 11 is 0. The van der Waals surface area contributed by atoms with Crippen LogP contribution in [0.15, 0.2) is 23.3 Å². The van der Waals surface area contributed by atoms with Crippen LogP contribution in [0.5, 0.6) is 0 Å². The molecule has 2 N–H and O–H groups in total. The standard InChI is InChI=1S/C17H24N4O4/c22-11-5-6-17(23)19-18-13-14-12-15(21(24)25)7-8-16(14)20-9-3-1-2-4-10-20/h7-8,12-13,22H,1-6,9-11H2,(H,19,23)/b18-13+. The highest BCUT2D eigenvalue weighted by Crippen LogP contribution is 2.26.